The maximum atomic E-state index is 12.0. The van der Waals surface area contributed by atoms with Gasteiger partial charge in [-0.15, -0.1) is 0 Å². The third-order valence-electron chi connectivity index (χ3n) is 2.77. The maximum absolute atomic E-state index is 12.0. The van der Waals surface area contributed by atoms with Gasteiger partial charge in [-0.25, -0.2) is 10.1 Å². The van der Waals surface area contributed by atoms with Crippen molar-refractivity contribution in [3.8, 4) is 6.01 Å². The fourth-order valence-corrected chi connectivity index (χ4v) is 2.07. The Bertz CT molecular complexity index is 599. The van der Waals surface area contributed by atoms with E-state index >= 15 is 0 Å². The zero-order chi connectivity index (χ0) is 11.1. The minimum Gasteiger partial charge on any atom is -0.464 e. The highest BCUT2D eigenvalue weighted by Gasteiger charge is 2.19. The molecule has 0 bridgehead atoms. The van der Waals surface area contributed by atoms with Gasteiger partial charge in [0.2, 0.25) is 0 Å². The van der Waals surface area contributed by atoms with Gasteiger partial charge in [-0.2, -0.15) is 9.50 Å². The minimum atomic E-state index is -0.0454. The van der Waals surface area contributed by atoms with Crippen molar-refractivity contribution in [2.45, 2.75) is 26.2 Å². The van der Waals surface area contributed by atoms with Gasteiger partial charge < -0.3 is 4.74 Å². The number of fused-ring (bicyclic) bond motifs is 2. The predicted octanol–water partition coefficient (Wildman–Crippen LogP) is 0.305. The van der Waals surface area contributed by atoms with Crippen LogP contribution in [0.1, 0.15) is 24.6 Å². The molecule has 16 heavy (non-hydrogen) atoms. The number of hydrogen-bond acceptors (Lipinski definition) is 4. The van der Waals surface area contributed by atoms with E-state index in [2.05, 4.69) is 15.1 Å². The van der Waals surface area contributed by atoms with E-state index in [9.17, 15) is 4.79 Å². The van der Waals surface area contributed by atoms with E-state index in [4.69, 9.17) is 4.74 Å². The van der Waals surface area contributed by atoms with Gasteiger partial charge >= 0.3 is 6.01 Å². The van der Waals surface area contributed by atoms with Crippen LogP contribution in [0.15, 0.2) is 4.79 Å². The highest BCUT2D eigenvalue weighted by Crippen LogP contribution is 2.17. The van der Waals surface area contributed by atoms with E-state index in [-0.39, 0.29) is 5.56 Å². The summed E-state index contributed by atoms with van der Waals surface area (Å²) < 4.78 is 6.57. The molecule has 2 aromatic heterocycles. The minimum absolute atomic E-state index is 0.0454. The van der Waals surface area contributed by atoms with Gasteiger partial charge in [0.1, 0.15) is 0 Å². The van der Waals surface area contributed by atoms with E-state index < -0.39 is 0 Å². The summed E-state index contributed by atoms with van der Waals surface area (Å²) in [6.45, 7) is 2.37. The average Bonchev–Trinajstić information content (AvgIpc) is 2.85. The quantitative estimate of drug-likeness (QED) is 0.790. The summed E-state index contributed by atoms with van der Waals surface area (Å²) in [5.41, 5.74) is 1.65. The topological polar surface area (TPSA) is 72.3 Å². The van der Waals surface area contributed by atoms with Gasteiger partial charge in [0.25, 0.3) is 11.3 Å². The lowest BCUT2D eigenvalue weighted by molar-refractivity contribution is 0.313. The number of aromatic nitrogens is 4. The molecule has 0 aliphatic heterocycles. The second kappa shape index (κ2) is 3.33. The molecule has 0 aromatic carbocycles. The number of rotatable bonds is 2. The first-order chi connectivity index (χ1) is 7.79. The van der Waals surface area contributed by atoms with Crippen molar-refractivity contribution in [3.05, 3.63) is 21.6 Å². The Balaban J connectivity index is 2.25. The van der Waals surface area contributed by atoms with Crippen LogP contribution < -0.4 is 10.3 Å². The molecule has 0 saturated carbocycles. The summed E-state index contributed by atoms with van der Waals surface area (Å²) in [5, 5.41) is 2.80. The van der Waals surface area contributed by atoms with Gasteiger partial charge in [0.15, 0.2) is 0 Å². The summed E-state index contributed by atoms with van der Waals surface area (Å²) in [7, 11) is 0. The van der Waals surface area contributed by atoms with Crippen molar-refractivity contribution in [2.75, 3.05) is 6.61 Å². The fourth-order valence-electron chi connectivity index (χ4n) is 2.07. The molecule has 1 N–H and O–H groups in total. The Kier molecular flexibility index (Phi) is 1.95. The van der Waals surface area contributed by atoms with Gasteiger partial charge in [-0.1, -0.05) is 0 Å². The Morgan fingerprint density at radius 2 is 2.31 bits per heavy atom. The highest BCUT2D eigenvalue weighted by molar-refractivity contribution is 5.35. The van der Waals surface area contributed by atoms with E-state index in [0.717, 1.165) is 30.5 Å². The summed E-state index contributed by atoms with van der Waals surface area (Å²) in [4.78, 5) is 20.5. The number of ether oxygens (including phenoxy) is 1. The molecule has 6 nitrogen and oxygen atoms in total. The number of nitrogens with zero attached hydrogens (tertiary/aromatic N) is 3. The zero-order valence-electron chi connectivity index (χ0n) is 8.99. The lowest BCUT2D eigenvalue weighted by Crippen LogP contribution is -2.20. The van der Waals surface area contributed by atoms with Crippen molar-refractivity contribution in [2.24, 2.45) is 0 Å². The molecule has 0 spiro atoms. The summed E-state index contributed by atoms with van der Waals surface area (Å²) in [6, 6.07) is 0.343. The predicted molar refractivity (Wildman–Crippen MR) is 56.8 cm³/mol. The Morgan fingerprint density at radius 1 is 1.44 bits per heavy atom. The van der Waals surface area contributed by atoms with Crippen molar-refractivity contribution in [3.63, 3.8) is 0 Å². The lowest BCUT2D eigenvalue weighted by atomic mass is 10.3. The zero-order valence-corrected chi connectivity index (χ0v) is 8.99. The molecule has 0 saturated heterocycles. The second-order valence-electron chi connectivity index (χ2n) is 3.79. The second-order valence-corrected chi connectivity index (χ2v) is 3.79. The number of nitrogens with one attached hydrogen (secondary N) is 1. The molecular weight excluding hydrogens is 208 g/mol. The SMILES string of the molecule is CCOc1nc2nc3c(c(=O)n2[nH]1)CCC3. The van der Waals surface area contributed by atoms with Crippen LogP contribution in [0, 0.1) is 0 Å². The Morgan fingerprint density at radius 3 is 3.12 bits per heavy atom. The average molecular weight is 220 g/mol. The van der Waals surface area contributed by atoms with E-state index in [1.807, 2.05) is 6.92 Å². The van der Waals surface area contributed by atoms with Gasteiger partial charge in [0.05, 0.1) is 12.3 Å². The monoisotopic (exact) mass is 220 g/mol. The standard InChI is InChI=1S/C10H12N4O2/c1-2-16-10-12-9-11-7-5-3-4-6(7)8(15)14(9)13-10/h2-5H2,1H3,(H,11,12,13). The van der Waals surface area contributed by atoms with Gasteiger partial charge in [-0.05, 0) is 26.2 Å². The maximum Gasteiger partial charge on any atom is 0.312 e. The number of aromatic amines is 1. The van der Waals surface area contributed by atoms with Crippen molar-refractivity contribution in [1.82, 2.24) is 19.6 Å². The van der Waals surface area contributed by atoms with Crippen LogP contribution >= 0.6 is 0 Å². The first-order valence-electron chi connectivity index (χ1n) is 5.43. The lowest BCUT2D eigenvalue weighted by Gasteiger charge is -1.96. The summed E-state index contributed by atoms with van der Waals surface area (Å²) in [5.74, 6) is 0.397. The van der Waals surface area contributed by atoms with Crippen molar-refractivity contribution in [1.29, 1.82) is 0 Å². The Hall–Kier alpha value is -1.85. The van der Waals surface area contributed by atoms with Gasteiger partial charge in [0, 0.05) is 5.56 Å². The largest absolute Gasteiger partial charge is 0.464 e. The van der Waals surface area contributed by atoms with Crippen LogP contribution in [0.3, 0.4) is 0 Å². The smallest absolute Gasteiger partial charge is 0.312 e. The molecule has 1 aliphatic rings. The first-order valence-corrected chi connectivity index (χ1v) is 5.43. The van der Waals surface area contributed by atoms with E-state index in [1.165, 1.54) is 4.52 Å². The molecule has 6 heteroatoms. The number of H-pyrrole nitrogens is 1. The third-order valence-corrected chi connectivity index (χ3v) is 2.77. The van der Waals surface area contributed by atoms with Crippen LogP contribution in [0.4, 0.5) is 0 Å². The number of aryl methyl sites for hydroxylation is 1. The first kappa shape index (κ1) is 9.38. The van der Waals surface area contributed by atoms with E-state index in [0.29, 0.717) is 18.4 Å². The van der Waals surface area contributed by atoms with E-state index in [1.54, 1.807) is 0 Å². The molecular formula is C10H12N4O2. The van der Waals surface area contributed by atoms with Crippen molar-refractivity contribution < 1.29 is 4.74 Å². The summed E-state index contributed by atoms with van der Waals surface area (Å²) in [6.07, 6.45) is 2.69. The van der Waals surface area contributed by atoms with Crippen LogP contribution in [0.2, 0.25) is 0 Å². The molecule has 3 rings (SSSR count). The molecule has 0 fully saturated rings. The van der Waals surface area contributed by atoms with Gasteiger partial charge in [-0.3, -0.25) is 4.79 Å². The molecule has 84 valence electrons. The highest BCUT2D eigenvalue weighted by atomic mass is 16.5. The van der Waals surface area contributed by atoms with Crippen LogP contribution in [-0.4, -0.2) is 26.2 Å². The molecule has 1 aliphatic carbocycles. The van der Waals surface area contributed by atoms with Crippen LogP contribution in [0.5, 0.6) is 6.01 Å². The van der Waals surface area contributed by atoms with Crippen LogP contribution in [0.25, 0.3) is 5.78 Å². The molecule has 0 radical (unpaired) electrons. The third kappa shape index (κ3) is 1.22. The molecule has 0 atom stereocenters. The fraction of sp³-hybridized carbons (Fsp3) is 0.500. The summed E-state index contributed by atoms with van der Waals surface area (Å²) >= 11 is 0. The molecule has 0 unspecified atom stereocenters. The normalized spacial score (nSPS) is 14.3. The Labute approximate surface area is 91.3 Å². The van der Waals surface area contributed by atoms with Crippen LogP contribution in [-0.2, 0) is 12.8 Å². The molecule has 2 aromatic rings. The molecule has 2 heterocycles. The number of hydrogen-bond donors (Lipinski definition) is 1. The molecule has 0 amide bonds. The van der Waals surface area contributed by atoms with Crippen molar-refractivity contribution >= 4 is 5.78 Å².